The van der Waals surface area contributed by atoms with Gasteiger partial charge in [0.1, 0.15) is 17.2 Å². The van der Waals surface area contributed by atoms with Gasteiger partial charge in [0.15, 0.2) is 0 Å². The standard InChI is InChI=1S/C17H13F2N3O4/c1-17(13-6-5-11(18)8-14(13)19)15(23)21(16(24)20-17)9-10-3-2-4-12(7-10)22(25)26/h2-8H,9H2,1H3,(H,20,24). The SMILES string of the molecule is CC1(c2ccc(F)cc2F)NC(=O)N(Cc2cccc([N+](=O)[O-])c2)C1=O. The number of urea groups is 1. The van der Waals surface area contributed by atoms with Crippen LogP contribution in [-0.4, -0.2) is 21.8 Å². The Morgan fingerprint density at radius 3 is 2.58 bits per heavy atom. The molecule has 0 radical (unpaired) electrons. The molecule has 0 spiro atoms. The molecule has 1 aliphatic heterocycles. The minimum absolute atomic E-state index is 0.168. The van der Waals surface area contributed by atoms with Crippen molar-refractivity contribution in [3.05, 3.63) is 75.3 Å². The van der Waals surface area contributed by atoms with Crippen molar-refractivity contribution in [3.63, 3.8) is 0 Å². The van der Waals surface area contributed by atoms with Crippen LogP contribution < -0.4 is 5.32 Å². The highest BCUT2D eigenvalue weighted by Crippen LogP contribution is 2.32. The highest BCUT2D eigenvalue weighted by Gasteiger charge is 2.50. The summed E-state index contributed by atoms with van der Waals surface area (Å²) in [6, 6.07) is 7.44. The Morgan fingerprint density at radius 1 is 1.19 bits per heavy atom. The van der Waals surface area contributed by atoms with Crippen LogP contribution in [0.5, 0.6) is 0 Å². The van der Waals surface area contributed by atoms with Gasteiger partial charge in [-0.25, -0.2) is 13.6 Å². The van der Waals surface area contributed by atoms with E-state index in [0.29, 0.717) is 11.6 Å². The van der Waals surface area contributed by atoms with Crippen molar-refractivity contribution < 1.29 is 23.3 Å². The molecule has 1 fully saturated rings. The maximum absolute atomic E-state index is 14.1. The summed E-state index contributed by atoms with van der Waals surface area (Å²) in [7, 11) is 0. The average Bonchev–Trinajstić information content (AvgIpc) is 2.79. The summed E-state index contributed by atoms with van der Waals surface area (Å²) in [6.45, 7) is 1.10. The lowest BCUT2D eigenvalue weighted by Crippen LogP contribution is -2.41. The number of nitro benzene ring substituents is 1. The van der Waals surface area contributed by atoms with Crippen molar-refractivity contribution in [1.82, 2.24) is 10.2 Å². The van der Waals surface area contributed by atoms with Gasteiger partial charge >= 0.3 is 6.03 Å². The van der Waals surface area contributed by atoms with Crippen LogP contribution in [0.1, 0.15) is 18.1 Å². The number of carbonyl (C=O) groups excluding carboxylic acids is 2. The Labute approximate surface area is 146 Å². The van der Waals surface area contributed by atoms with Gasteiger partial charge in [-0.3, -0.25) is 19.8 Å². The Kier molecular flexibility index (Phi) is 4.15. The second kappa shape index (κ2) is 6.17. The fourth-order valence-corrected chi connectivity index (χ4v) is 2.87. The first-order valence-electron chi connectivity index (χ1n) is 7.55. The van der Waals surface area contributed by atoms with E-state index < -0.39 is 34.0 Å². The topological polar surface area (TPSA) is 92.6 Å². The van der Waals surface area contributed by atoms with Crippen molar-refractivity contribution in [3.8, 4) is 0 Å². The molecule has 1 saturated heterocycles. The molecule has 2 aromatic carbocycles. The lowest BCUT2D eigenvalue weighted by molar-refractivity contribution is -0.384. The Bertz CT molecular complexity index is 934. The fraction of sp³-hybridized carbons (Fsp3) is 0.176. The summed E-state index contributed by atoms with van der Waals surface area (Å²) in [5.41, 5.74) is -1.68. The van der Waals surface area contributed by atoms with Crippen molar-refractivity contribution in [2.24, 2.45) is 0 Å². The molecule has 1 N–H and O–H groups in total. The number of nitrogens with zero attached hydrogens (tertiary/aromatic N) is 2. The Morgan fingerprint density at radius 2 is 1.92 bits per heavy atom. The quantitative estimate of drug-likeness (QED) is 0.515. The van der Waals surface area contributed by atoms with Crippen LogP contribution in [0.25, 0.3) is 0 Å². The number of hydrogen-bond donors (Lipinski definition) is 1. The molecule has 134 valence electrons. The van der Waals surface area contributed by atoms with Gasteiger partial charge in [-0.05, 0) is 18.6 Å². The molecular weight excluding hydrogens is 348 g/mol. The molecule has 0 bridgehead atoms. The van der Waals surface area contributed by atoms with Crippen LogP contribution in [0.3, 0.4) is 0 Å². The molecule has 3 amide bonds. The first-order valence-corrected chi connectivity index (χ1v) is 7.55. The lowest BCUT2D eigenvalue weighted by atomic mass is 9.91. The number of nitro groups is 1. The second-order valence-corrected chi connectivity index (χ2v) is 6.00. The summed E-state index contributed by atoms with van der Waals surface area (Å²) in [4.78, 5) is 36.1. The third kappa shape index (κ3) is 2.87. The number of benzene rings is 2. The summed E-state index contributed by atoms with van der Waals surface area (Å²) in [5.74, 6) is -2.50. The number of non-ortho nitro benzene ring substituents is 1. The van der Waals surface area contributed by atoms with Crippen molar-refractivity contribution in [1.29, 1.82) is 0 Å². The van der Waals surface area contributed by atoms with Crippen molar-refractivity contribution in [2.45, 2.75) is 19.0 Å². The number of halogens is 2. The predicted octanol–water partition coefficient (Wildman–Crippen LogP) is 2.84. The molecule has 1 unspecified atom stereocenters. The van der Waals surface area contributed by atoms with Gasteiger partial charge in [0.2, 0.25) is 0 Å². The van der Waals surface area contributed by atoms with Crippen LogP contribution in [0.4, 0.5) is 19.3 Å². The van der Waals surface area contributed by atoms with E-state index in [4.69, 9.17) is 0 Å². The van der Waals surface area contributed by atoms with Crippen molar-refractivity contribution in [2.75, 3.05) is 0 Å². The van der Waals surface area contributed by atoms with Crippen LogP contribution in [-0.2, 0) is 16.9 Å². The molecule has 2 aromatic rings. The average molecular weight is 361 g/mol. The first kappa shape index (κ1) is 17.5. The van der Waals surface area contributed by atoms with Crippen LogP contribution in [0.15, 0.2) is 42.5 Å². The normalized spacial score (nSPS) is 19.6. The van der Waals surface area contributed by atoms with E-state index in [1.54, 1.807) is 0 Å². The Hall–Kier alpha value is -3.36. The van der Waals surface area contributed by atoms with E-state index in [0.717, 1.165) is 17.0 Å². The lowest BCUT2D eigenvalue weighted by Gasteiger charge is -2.22. The smallest absolute Gasteiger partial charge is 0.319 e. The number of hydrogen-bond acceptors (Lipinski definition) is 4. The second-order valence-electron chi connectivity index (χ2n) is 6.00. The summed E-state index contributed by atoms with van der Waals surface area (Å²) in [5, 5.41) is 13.3. The fourth-order valence-electron chi connectivity index (χ4n) is 2.87. The summed E-state index contributed by atoms with van der Waals surface area (Å²) < 4.78 is 27.2. The van der Waals surface area contributed by atoms with Gasteiger partial charge in [-0.15, -0.1) is 0 Å². The van der Waals surface area contributed by atoms with E-state index in [1.807, 2.05) is 0 Å². The third-order valence-electron chi connectivity index (χ3n) is 4.21. The van der Waals surface area contributed by atoms with Crippen LogP contribution >= 0.6 is 0 Å². The molecule has 0 aromatic heterocycles. The maximum Gasteiger partial charge on any atom is 0.325 e. The molecule has 1 atom stereocenters. The monoisotopic (exact) mass is 361 g/mol. The molecule has 0 saturated carbocycles. The Balaban J connectivity index is 1.91. The highest BCUT2D eigenvalue weighted by atomic mass is 19.1. The van der Waals surface area contributed by atoms with E-state index in [1.165, 1.54) is 31.2 Å². The minimum Gasteiger partial charge on any atom is -0.319 e. The number of rotatable bonds is 4. The minimum atomic E-state index is -1.70. The van der Waals surface area contributed by atoms with Gasteiger partial charge < -0.3 is 5.32 Å². The largest absolute Gasteiger partial charge is 0.325 e. The molecule has 1 aliphatic rings. The van der Waals surface area contributed by atoms with Crippen LogP contribution in [0.2, 0.25) is 0 Å². The zero-order valence-electron chi connectivity index (χ0n) is 13.5. The number of amides is 3. The predicted molar refractivity (Wildman–Crippen MR) is 85.9 cm³/mol. The molecule has 3 rings (SSSR count). The molecular formula is C17H13F2N3O4. The van der Waals surface area contributed by atoms with Gasteiger partial charge in [-0.1, -0.05) is 18.2 Å². The van der Waals surface area contributed by atoms with E-state index in [-0.39, 0.29) is 17.8 Å². The molecule has 9 heteroatoms. The summed E-state index contributed by atoms with van der Waals surface area (Å²) in [6.07, 6.45) is 0. The highest BCUT2D eigenvalue weighted by molar-refractivity contribution is 6.07. The molecule has 0 aliphatic carbocycles. The summed E-state index contributed by atoms with van der Waals surface area (Å²) >= 11 is 0. The van der Waals surface area contributed by atoms with Crippen LogP contribution in [0, 0.1) is 21.7 Å². The number of carbonyl (C=O) groups is 2. The van der Waals surface area contributed by atoms with Gasteiger partial charge in [0.25, 0.3) is 11.6 Å². The van der Waals surface area contributed by atoms with E-state index >= 15 is 0 Å². The van der Waals surface area contributed by atoms with E-state index in [2.05, 4.69) is 5.32 Å². The zero-order valence-corrected chi connectivity index (χ0v) is 13.5. The molecule has 26 heavy (non-hydrogen) atoms. The zero-order chi connectivity index (χ0) is 19.1. The maximum atomic E-state index is 14.1. The number of imide groups is 1. The first-order chi connectivity index (χ1) is 12.2. The van der Waals surface area contributed by atoms with Gasteiger partial charge in [-0.2, -0.15) is 0 Å². The molecule has 1 heterocycles. The van der Waals surface area contributed by atoms with Crippen molar-refractivity contribution >= 4 is 17.6 Å². The van der Waals surface area contributed by atoms with Gasteiger partial charge in [0, 0.05) is 23.8 Å². The van der Waals surface area contributed by atoms with Gasteiger partial charge in [0.05, 0.1) is 11.5 Å². The number of nitrogens with one attached hydrogen (secondary N) is 1. The van der Waals surface area contributed by atoms with E-state index in [9.17, 15) is 28.5 Å². The molecule has 7 nitrogen and oxygen atoms in total. The third-order valence-corrected chi connectivity index (χ3v) is 4.21.